The molecule has 1 aliphatic heterocycles. The number of carbonyl (C=O) groups excluding carboxylic acids is 2. The van der Waals surface area contributed by atoms with Crippen molar-refractivity contribution in [1.82, 2.24) is 25.4 Å². The molecule has 24 heavy (non-hydrogen) atoms. The normalized spacial score (nSPS) is 13.9. The van der Waals surface area contributed by atoms with Gasteiger partial charge < -0.3 is 10.6 Å². The summed E-state index contributed by atoms with van der Waals surface area (Å²) in [6.07, 6.45) is 2.10. The Labute approximate surface area is 139 Å². The maximum Gasteiger partial charge on any atom is 0.322 e. The third kappa shape index (κ3) is 3.22. The van der Waals surface area contributed by atoms with Gasteiger partial charge in [0, 0.05) is 44.4 Å². The lowest BCUT2D eigenvalue weighted by atomic mass is 10.1. The third-order valence-electron chi connectivity index (χ3n) is 4.06. The Morgan fingerprint density at radius 2 is 2.25 bits per heavy atom. The molecule has 1 fully saturated rings. The third-order valence-corrected chi connectivity index (χ3v) is 4.06. The van der Waals surface area contributed by atoms with E-state index in [1.807, 2.05) is 20.0 Å². The maximum absolute atomic E-state index is 12.3. The van der Waals surface area contributed by atoms with Gasteiger partial charge in [0.15, 0.2) is 0 Å². The Balaban J connectivity index is 1.66. The van der Waals surface area contributed by atoms with Crippen molar-refractivity contribution in [1.29, 1.82) is 0 Å². The fourth-order valence-corrected chi connectivity index (χ4v) is 2.68. The molecule has 1 aliphatic rings. The van der Waals surface area contributed by atoms with Crippen LogP contribution in [0.3, 0.4) is 0 Å². The van der Waals surface area contributed by atoms with Gasteiger partial charge in [0.25, 0.3) is 5.91 Å². The molecule has 2 heterocycles. The largest absolute Gasteiger partial charge is 0.352 e. The maximum atomic E-state index is 12.3. The molecule has 0 unspecified atom stereocenters. The number of rotatable bonds is 5. The SMILES string of the molecule is Cc1ccc(C(=O)NCCc2ncnn2C)cc1N1CCNC1=O. The minimum absolute atomic E-state index is 0.127. The van der Waals surface area contributed by atoms with Crippen molar-refractivity contribution in [2.24, 2.45) is 7.05 Å². The van der Waals surface area contributed by atoms with Crippen LogP contribution in [0.5, 0.6) is 0 Å². The summed E-state index contributed by atoms with van der Waals surface area (Å²) in [4.78, 5) is 30.0. The summed E-state index contributed by atoms with van der Waals surface area (Å²) >= 11 is 0. The van der Waals surface area contributed by atoms with E-state index in [0.29, 0.717) is 31.6 Å². The molecule has 0 aliphatic carbocycles. The molecule has 1 saturated heterocycles. The van der Waals surface area contributed by atoms with Gasteiger partial charge in [-0.3, -0.25) is 14.4 Å². The number of aryl methyl sites for hydroxylation is 2. The first-order valence-corrected chi connectivity index (χ1v) is 7.83. The number of aromatic nitrogens is 3. The van der Waals surface area contributed by atoms with E-state index in [1.165, 1.54) is 6.33 Å². The number of nitrogens with one attached hydrogen (secondary N) is 2. The van der Waals surface area contributed by atoms with Crippen LogP contribution in [0.1, 0.15) is 21.7 Å². The standard InChI is InChI=1S/C16H20N6O2/c1-11-3-4-12(9-13(11)22-8-7-18-16(22)24)15(23)17-6-5-14-19-10-20-21(14)2/h3-4,9-10H,5-8H2,1-2H3,(H,17,23)(H,18,24). The Morgan fingerprint density at radius 1 is 1.42 bits per heavy atom. The summed E-state index contributed by atoms with van der Waals surface area (Å²) in [6, 6.07) is 5.26. The minimum Gasteiger partial charge on any atom is -0.352 e. The molecule has 8 heteroatoms. The zero-order valence-corrected chi connectivity index (χ0v) is 13.7. The van der Waals surface area contributed by atoms with Crippen LogP contribution in [-0.4, -0.2) is 46.3 Å². The lowest BCUT2D eigenvalue weighted by Gasteiger charge is -2.18. The molecule has 2 aromatic rings. The van der Waals surface area contributed by atoms with Gasteiger partial charge in [-0.2, -0.15) is 5.10 Å². The second-order valence-electron chi connectivity index (χ2n) is 5.69. The van der Waals surface area contributed by atoms with Crippen LogP contribution in [-0.2, 0) is 13.5 Å². The molecule has 3 rings (SSSR count). The van der Waals surface area contributed by atoms with E-state index < -0.39 is 0 Å². The molecular formula is C16H20N6O2. The fraction of sp³-hybridized carbons (Fsp3) is 0.375. The van der Waals surface area contributed by atoms with Crippen molar-refractivity contribution in [3.8, 4) is 0 Å². The van der Waals surface area contributed by atoms with Crippen molar-refractivity contribution in [3.05, 3.63) is 41.5 Å². The highest BCUT2D eigenvalue weighted by Crippen LogP contribution is 2.23. The van der Waals surface area contributed by atoms with Crippen molar-refractivity contribution < 1.29 is 9.59 Å². The summed E-state index contributed by atoms with van der Waals surface area (Å²) in [7, 11) is 1.82. The van der Waals surface area contributed by atoms with Gasteiger partial charge in [-0.15, -0.1) is 0 Å². The van der Waals surface area contributed by atoms with Crippen LogP contribution in [0.4, 0.5) is 10.5 Å². The molecule has 0 radical (unpaired) electrons. The van der Waals surface area contributed by atoms with Gasteiger partial charge in [-0.1, -0.05) is 6.07 Å². The average Bonchev–Trinajstić information content (AvgIpc) is 3.16. The minimum atomic E-state index is -0.168. The second kappa shape index (κ2) is 6.69. The van der Waals surface area contributed by atoms with E-state index in [2.05, 4.69) is 20.7 Å². The highest BCUT2D eigenvalue weighted by molar-refractivity contribution is 5.99. The van der Waals surface area contributed by atoms with Gasteiger partial charge in [-0.25, -0.2) is 9.78 Å². The summed E-state index contributed by atoms with van der Waals surface area (Å²) in [5.41, 5.74) is 2.27. The van der Waals surface area contributed by atoms with Crippen molar-refractivity contribution >= 4 is 17.6 Å². The predicted octanol–water partition coefficient (Wildman–Crippen LogP) is 0.626. The van der Waals surface area contributed by atoms with Gasteiger partial charge in [0.05, 0.1) is 0 Å². The first kappa shape index (κ1) is 16.0. The smallest absolute Gasteiger partial charge is 0.322 e. The Bertz CT molecular complexity index is 770. The van der Waals surface area contributed by atoms with E-state index >= 15 is 0 Å². The molecule has 126 valence electrons. The van der Waals surface area contributed by atoms with Gasteiger partial charge in [0.1, 0.15) is 12.2 Å². The van der Waals surface area contributed by atoms with Crippen LogP contribution in [0.2, 0.25) is 0 Å². The van der Waals surface area contributed by atoms with Gasteiger partial charge in [-0.05, 0) is 24.6 Å². The average molecular weight is 328 g/mol. The van der Waals surface area contributed by atoms with E-state index in [9.17, 15) is 9.59 Å². The lowest BCUT2D eigenvalue weighted by Crippen LogP contribution is -2.29. The molecule has 1 aromatic carbocycles. The van der Waals surface area contributed by atoms with Crippen LogP contribution >= 0.6 is 0 Å². The fourth-order valence-electron chi connectivity index (χ4n) is 2.68. The number of carbonyl (C=O) groups is 2. The molecule has 2 N–H and O–H groups in total. The molecule has 1 aromatic heterocycles. The van der Waals surface area contributed by atoms with Gasteiger partial charge >= 0.3 is 6.03 Å². The topological polar surface area (TPSA) is 92.2 Å². The number of amides is 3. The van der Waals surface area contributed by atoms with Crippen LogP contribution in [0.15, 0.2) is 24.5 Å². The van der Waals surface area contributed by atoms with Crippen molar-refractivity contribution in [2.45, 2.75) is 13.3 Å². The highest BCUT2D eigenvalue weighted by atomic mass is 16.2. The first-order chi connectivity index (χ1) is 11.6. The van der Waals surface area contributed by atoms with E-state index in [0.717, 1.165) is 17.1 Å². The van der Waals surface area contributed by atoms with Crippen LogP contribution in [0, 0.1) is 6.92 Å². The van der Waals surface area contributed by atoms with Crippen molar-refractivity contribution in [3.63, 3.8) is 0 Å². The highest BCUT2D eigenvalue weighted by Gasteiger charge is 2.23. The Kier molecular flexibility index (Phi) is 4.45. The number of hydrogen-bond donors (Lipinski definition) is 2. The van der Waals surface area contributed by atoms with Crippen LogP contribution in [0.25, 0.3) is 0 Å². The molecule has 0 saturated carbocycles. The van der Waals surface area contributed by atoms with Crippen LogP contribution < -0.4 is 15.5 Å². The Morgan fingerprint density at radius 3 is 2.92 bits per heavy atom. The summed E-state index contributed by atoms with van der Waals surface area (Å²) < 4.78 is 1.68. The van der Waals surface area contributed by atoms with Crippen molar-refractivity contribution in [2.75, 3.05) is 24.5 Å². The number of hydrogen-bond acceptors (Lipinski definition) is 4. The second-order valence-corrected chi connectivity index (χ2v) is 5.69. The predicted molar refractivity (Wildman–Crippen MR) is 89.0 cm³/mol. The number of anilines is 1. The quantitative estimate of drug-likeness (QED) is 0.842. The number of urea groups is 1. The summed E-state index contributed by atoms with van der Waals surface area (Å²) in [5.74, 6) is 0.645. The zero-order valence-electron chi connectivity index (χ0n) is 13.7. The zero-order chi connectivity index (χ0) is 17.1. The van der Waals surface area contributed by atoms with E-state index in [4.69, 9.17) is 0 Å². The first-order valence-electron chi connectivity index (χ1n) is 7.83. The summed E-state index contributed by atoms with van der Waals surface area (Å²) in [6.45, 7) is 3.62. The van der Waals surface area contributed by atoms with Gasteiger partial charge in [0.2, 0.25) is 0 Å². The Hall–Kier alpha value is -2.90. The molecule has 0 spiro atoms. The molecule has 3 amide bonds. The molecule has 0 atom stereocenters. The number of nitrogens with zero attached hydrogens (tertiary/aromatic N) is 4. The molecule has 8 nitrogen and oxygen atoms in total. The van der Waals surface area contributed by atoms with E-state index in [-0.39, 0.29) is 11.9 Å². The lowest BCUT2D eigenvalue weighted by molar-refractivity contribution is 0.0954. The molecular weight excluding hydrogens is 308 g/mol. The molecule has 0 bridgehead atoms. The summed E-state index contributed by atoms with van der Waals surface area (Å²) in [5, 5.41) is 9.64. The number of benzene rings is 1. The monoisotopic (exact) mass is 328 g/mol. The van der Waals surface area contributed by atoms with E-state index in [1.54, 1.807) is 21.7 Å².